The van der Waals surface area contributed by atoms with Gasteiger partial charge < -0.3 is 0 Å². The highest BCUT2D eigenvalue weighted by Gasteiger charge is 1.95. The van der Waals surface area contributed by atoms with Crippen LogP contribution in [0.2, 0.25) is 0 Å². The number of aryl methyl sites for hydroxylation is 1. The fourth-order valence-electron chi connectivity index (χ4n) is 1.18. The van der Waals surface area contributed by atoms with Crippen molar-refractivity contribution in [3.05, 3.63) is 24.0 Å². The zero-order valence-electron chi connectivity index (χ0n) is 7.83. The maximum Gasteiger partial charge on any atom is 0.0528 e. The molecule has 66 valence electrons. The highest BCUT2D eigenvalue weighted by Crippen LogP contribution is 2.07. The minimum absolute atomic E-state index is 0.805. The number of hydrogen-bond acceptors (Lipinski definition) is 2. The van der Waals surface area contributed by atoms with E-state index in [0.717, 1.165) is 12.3 Å². The summed E-state index contributed by atoms with van der Waals surface area (Å²) in [6.45, 7) is 4.51. The summed E-state index contributed by atoms with van der Waals surface area (Å²) in [5.74, 6) is 0.805. The topological polar surface area (TPSA) is 25.8 Å². The average molecular weight is 164 g/mol. The van der Waals surface area contributed by atoms with E-state index in [1.807, 2.05) is 12.3 Å². The molecule has 0 aliphatic heterocycles. The zero-order valence-corrected chi connectivity index (χ0v) is 7.83. The van der Waals surface area contributed by atoms with Crippen molar-refractivity contribution in [2.75, 3.05) is 0 Å². The molecule has 0 saturated carbocycles. The first-order chi connectivity index (χ1) is 5.79. The second-order valence-electron chi connectivity index (χ2n) is 3.54. The molecule has 0 aliphatic carbocycles. The van der Waals surface area contributed by atoms with Crippen molar-refractivity contribution in [2.45, 2.75) is 33.1 Å². The number of rotatable bonds is 4. The maximum absolute atomic E-state index is 3.83. The van der Waals surface area contributed by atoms with Gasteiger partial charge in [-0.25, -0.2) is 0 Å². The second kappa shape index (κ2) is 4.86. The van der Waals surface area contributed by atoms with Gasteiger partial charge in [0.1, 0.15) is 0 Å². The Hall–Kier alpha value is -0.920. The molecule has 12 heavy (non-hydrogen) atoms. The second-order valence-corrected chi connectivity index (χ2v) is 3.54. The molecule has 2 heteroatoms. The van der Waals surface area contributed by atoms with E-state index in [4.69, 9.17) is 0 Å². The Labute approximate surface area is 74.0 Å². The first-order valence-electron chi connectivity index (χ1n) is 4.54. The highest BCUT2D eigenvalue weighted by molar-refractivity contribution is 5.04. The predicted octanol–water partition coefficient (Wildman–Crippen LogP) is 2.46. The summed E-state index contributed by atoms with van der Waals surface area (Å²) in [5.41, 5.74) is 1.30. The molecule has 0 unspecified atom stereocenters. The molecule has 1 heterocycles. The Bertz CT molecular complexity index is 206. The van der Waals surface area contributed by atoms with E-state index in [-0.39, 0.29) is 0 Å². The van der Waals surface area contributed by atoms with E-state index in [0.29, 0.717) is 0 Å². The molecule has 0 aliphatic rings. The van der Waals surface area contributed by atoms with Crippen molar-refractivity contribution < 1.29 is 0 Å². The Morgan fingerprint density at radius 1 is 1.33 bits per heavy atom. The Morgan fingerprint density at radius 3 is 2.75 bits per heavy atom. The molecule has 0 N–H and O–H groups in total. The molecule has 0 amide bonds. The van der Waals surface area contributed by atoms with Gasteiger partial charge in [-0.3, -0.25) is 0 Å². The van der Waals surface area contributed by atoms with Crippen LogP contribution in [0.1, 0.15) is 32.3 Å². The van der Waals surface area contributed by atoms with E-state index in [1.165, 1.54) is 18.4 Å². The SMILES string of the molecule is CC(C)CCCc1ccnnc1. The van der Waals surface area contributed by atoms with Crippen LogP contribution in [0.15, 0.2) is 18.5 Å². The fourth-order valence-corrected chi connectivity index (χ4v) is 1.18. The predicted molar refractivity (Wildman–Crippen MR) is 49.8 cm³/mol. The smallest absolute Gasteiger partial charge is 0.0528 e. The summed E-state index contributed by atoms with van der Waals surface area (Å²) >= 11 is 0. The summed E-state index contributed by atoms with van der Waals surface area (Å²) in [5, 5.41) is 7.57. The average Bonchev–Trinajstić information content (AvgIpc) is 2.05. The van der Waals surface area contributed by atoms with E-state index >= 15 is 0 Å². The molecule has 0 saturated heterocycles. The third-order valence-corrected chi connectivity index (χ3v) is 1.89. The van der Waals surface area contributed by atoms with Gasteiger partial charge in [-0.15, -0.1) is 0 Å². The molecule has 0 radical (unpaired) electrons. The van der Waals surface area contributed by atoms with Crippen molar-refractivity contribution in [3.8, 4) is 0 Å². The molecular formula is C10H16N2. The van der Waals surface area contributed by atoms with Gasteiger partial charge in [0.05, 0.1) is 6.20 Å². The summed E-state index contributed by atoms with van der Waals surface area (Å²) in [7, 11) is 0. The Morgan fingerprint density at radius 2 is 2.17 bits per heavy atom. The molecule has 2 nitrogen and oxygen atoms in total. The molecule has 0 aromatic carbocycles. The first kappa shape index (κ1) is 9.17. The van der Waals surface area contributed by atoms with Crippen molar-refractivity contribution in [1.82, 2.24) is 10.2 Å². The molecule has 1 rings (SSSR count). The normalized spacial score (nSPS) is 10.6. The Balaban J connectivity index is 2.25. The molecule has 0 atom stereocenters. The Kier molecular flexibility index (Phi) is 3.71. The summed E-state index contributed by atoms with van der Waals surface area (Å²) in [6.07, 6.45) is 7.28. The van der Waals surface area contributed by atoms with Gasteiger partial charge in [-0.2, -0.15) is 10.2 Å². The molecule has 0 spiro atoms. The number of aromatic nitrogens is 2. The van der Waals surface area contributed by atoms with Gasteiger partial charge in [-0.05, 0) is 30.4 Å². The van der Waals surface area contributed by atoms with Gasteiger partial charge in [0.2, 0.25) is 0 Å². The summed E-state index contributed by atoms with van der Waals surface area (Å²) in [4.78, 5) is 0. The quantitative estimate of drug-likeness (QED) is 0.683. The lowest BCUT2D eigenvalue weighted by Crippen LogP contribution is -1.91. The van der Waals surface area contributed by atoms with Crippen LogP contribution < -0.4 is 0 Å². The lowest BCUT2D eigenvalue weighted by molar-refractivity contribution is 0.555. The lowest BCUT2D eigenvalue weighted by atomic mass is 10.0. The highest BCUT2D eigenvalue weighted by atomic mass is 15.1. The zero-order chi connectivity index (χ0) is 8.81. The van der Waals surface area contributed by atoms with Crippen LogP contribution in [-0.4, -0.2) is 10.2 Å². The van der Waals surface area contributed by atoms with Crippen LogP contribution in [0.25, 0.3) is 0 Å². The van der Waals surface area contributed by atoms with Crippen molar-refractivity contribution >= 4 is 0 Å². The van der Waals surface area contributed by atoms with Gasteiger partial charge in [-0.1, -0.05) is 20.3 Å². The van der Waals surface area contributed by atoms with Crippen LogP contribution in [0.3, 0.4) is 0 Å². The van der Waals surface area contributed by atoms with Crippen LogP contribution in [0.5, 0.6) is 0 Å². The lowest BCUT2D eigenvalue weighted by Gasteiger charge is -2.03. The first-order valence-corrected chi connectivity index (χ1v) is 4.54. The molecule has 1 aromatic rings. The van der Waals surface area contributed by atoms with Crippen LogP contribution in [-0.2, 0) is 6.42 Å². The molecule has 1 aromatic heterocycles. The van der Waals surface area contributed by atoms with Crippen molar-refractivity contribution in [3.63, 3.8) is 0 Å². The largest absolute Gasteiger partial charge is 0.159 e. The van der Waals surface area contributed by atoms with Gasteiger partial charge in [0.15, 0.2) is 0 Å². The van der Waals surface area contributed by atoms with Crippen LogP contribution in [0, 0.1) is 5.92 Å². The monoisotopic (exact) mass is 164 g/mol. The van der Waals surface area contributed by atoms with Crippen molar-refractivity contribution in [1.29, 1.82) is 0 Å². The van der Waals surface area contributed by atoms with Gasteiger partial charge in [0, 0.05) is 6.20 Å². The van der Waals surface area contributed by atoms with E-state index < -0.39 is 0 Å². The fraction of sp³-hybridized carbons (Fsp3) is 0.600. The van der Waals surface area contributed by atoms with E-state index in [2.05, 4.69) is 24.0 Å². The number of nitrogens with zero attached hydrogens (tertiary/aromatic N) is 2. The van der Waals surface area contributed by atoms with E-state index in [9.17, 15) is 0 Å². The molecule has 0 fully saturated rings. The van der Waals surface area contributed by atoms with E-state index in [1.54, 1.807) is 6.20 Å². The third-order valence-electron chi connectivity index (χ3n) is 1.89. The van der Waals surface area contributed by atoms with Gasteiger partial charge >= 0.3 is 0 Å². The third kappa shape index (κ3) is 3.46. The minimum atomic E-state index is 0.805. The van der Waals surface area contributed by atoms with Crippen molar-refractivity contribution in [2.24, 2.45) is 5.92 Å². The molecular weight excluding hydrogens is 148 g/mol. The minimum Gasteiger partial charge on any atom is -0.159 e. The maximum atomic E-state index is 3.83. The standard InChI is InChI=1S/C10H16N2/c1-9(2)4-3-5-10-6-7-11-12-8-10/h6-9H,3-5H2,1-2H3. The molecule has 0 bridgehead atoms. The van der Waals surface area contributed by atoms with Crippen LogP contribution >= 0.6 is 0 Å². The summed E-state index contributed by atoms with van der Waals surface area (Å²) < 4.78 is 0. The summed E-state index contributed by atoms with van der Waals surface area (Å²) in [6, 6.07) is 2.04. The van der Waals surface area contributed by atoms with Gasteiger partial charge in [0.25, 0.3) is 0 Å². The number of hydrogen-bond donors (Lipinski definition) is 0. The van der Waals surface area contributed by atoms with Crippen LogP contribution in [0.4, 0.5) is 0 Å².